The van der Waals surface area contributed by atoms with Crippen LogP contribution in [-0.2, 0) is 14.8 Å². The average molecular weight is 317 g/mol. The van der Waals surface area contributed by atoms with Crippen molar-refractivity contribution in [3.63, 3.8) is 0 Å². The van der Waals surface area contributed by atoms with E-state index in [-0.39, 0.29) is 4.90 Å². The molecule has 2 aromatic carbocycles. The maximum Gasteiger partial charge on any atom is 0.328 e. The molecule has 6 heteroatoms. The molecule has 0 saturated carbocycles. The van der Waals surface area contributed by atoms with Gasteiger partial charge in [-0.25, -0.2) is 13.2 Å². The fraction of sp³-hybridized carbons (Fsp3) is 0.0625. The van der Waals surface area contributed by atoms with Crippen molar-refractivity contribution in [1.29, 1.82) is 0 Å². The van der Waals surface area contributed by atoms with E-state index < -0.39 is 16.0 Å². The summed E-state index contributed by atoms with van der Waals surface area (Å²) >= 11 is 0. The summed E-state index contributed by atoms with van der Waals surface area (Å²) in [5.74, 6) is -1.06. The smallest absolute Gasteiger partial charge is 0.328 e. The van der Waals surface area contributed by atoms with Gasteiger partial charge in [0.15, 0.2) is 0 Å². The minimum atomic E-state index is -3.67. The van der Waals surface area contributed by atoms with Gasteiger partial charge in [0.2, 0.25) is 0 Å². The van der Waals surface area contributed by atoms with E-state index in [1.807, 2.05) is 13.0 Å². The van der Waals surface area contributed by atoms with Crippen molar-refractivity contribution < 1.29 is 18.3 Å². The second kappa shape index (κ2) is 6.44. The molecule has 114 valence electrons. The molecule has 0 atom stereocenters. The molecule has 0 radical (unpaired) electrons. The minimum Gasteiger partial charge on any atom is -0.478 e. The van der Waals surface area contributed by atoms with E-state index >= 15 is 0 Å². The molecule has 2 aromatic rings. The van der Waals surface area contributed by atoms with Crippen LogP contribution in [0.5, 0.6) is 0 Å². The van der Waals surface area contributed by atoms with Gasteiger partial charge in [0.1, 0.15) is 0 Å². The SMILES string of the molecule is Cc1cccc(S(=O)(=O)Nc2cccc(/C=C/C(=O)O)c2)c1. The molecule has 2 rings (SSSR count). The number of aliphatic carboxylic acids is 1. The Kier molecular flexibility index (Phi) is 4.62. The molecule has 0 aliphatic heterocycles. The van der Waals surface area contributed by atoms with Gasteiger partial charge in [-0.1, -0.05) is 24.3 Å². The van der Waals surface area contributed by atoms with Gasteiger partial charge in [-0.2, -0.15) is 0 Å². The normalized spacial score (nSPS) is 11.5. The number of rotatable bonds is 5. The third-order valence-corrected chi connectivity index (χ3v) is 4.24. The van der Waals surface area contributed by atoms with E-state index in [4.69, 9.17) is 5.11 Å². The largest absolute Gasteiger partial charge is 0.478 e. The number of anilines is 1. The number of nitrogens with one attached hydrogen (secondary N) is 1. The van der Waals surface area contributed by atoms with Gasteiger partial charge >= 0.3 is 5.97 Å². The highest BCUT2D eigenvalue weighted by atomic mass is 32.2. The summed E-state index contributed by atoms with van der Waals surface area (Å²) in [5, 5.41) is 8.61. The number of aryl methyl sites for hydroxylation is 1. The van der Waals surface area contributed by atoms with Crippen LogP contribution >= 0.6 is 0 Å². The van der Waals surface area contributed by atoms with Crippen LogP contribution in [-0.4, -0.2) is 19.5 Å². The van der Waals surface area contributed by atoms with E-state index in [9.17, 15) is 13.2 Å². The Labute approximate surface area is 129 Å². The first-order valence-electron chi connectivity index (χ1n) is 6.47. The molecule has 0 aliphatic carbocycles. The maximum atomic E-state index is 12.3. The number of benzene rings is 2. The number of carbonyl (C=O) groups is 1. The van der Waals surface area contributed by atoms with Crippen molar-refractivity contribution in [3.05, 3.63) is 65.7 Å². The Morgan fingerprint density at radius 1 is 1.14 bits per heavy atom. The predicted octanol–water partition coefficient (Wildman–Crippen LogP) is 2.89. The van der Waals surface area contributed by atoms with Crippen molar-refractivity contribution >= 4 is 27.8 Å². The van der Waals surface area contributed by atoms with E-state index in [0.29, 0.717) is 11.3 Å². The van der Waals surface area contributed by atoms with Crippen molar-refractivity contribution in [1.82, 2.24) is 0 Å². The van der Waals surface area contributed by atoms with Crippen molar-refractivity contribution in [2.24, 2.45) is 0 Å². The lowest BCUT2D eigenvalue weighted by molar-refractivity contribution is -0.131. The summed E-state index contributed by atoms with van der Waals surface area (Å²) in [6, 6.07) is 13.1. The van der Waals surface area contributed by atoms with Crippen LogP contribution in [0.1, 0.15) is 11.1 Å². The van der Waals surface area contributed by atoms with Crippen molar-refractivity contribution in [3.8, 4) is 0 Å². The van der Waals surface area contributed by atoms with Crippen LogP contribution < -0.4 is 4.72 Å². The Hall–Kier alpha value is -2.60. The monoisotopic (exact) mass is 317 g/mol. The number of hydrogen-bond donors (Lipinski definition) is 2. The van der Waals surface area contributed by atoms with Gasteiger partial charge in [0.25, 0.3) is 10.0 Å². The van der Waals surface area contributed by atoms with E-state index in [0.717, 1.165) is 11.6 Å². The van der Waals surface area contributed by atoms with Crippen LogP contribution in [0.4, 0.5) is 5.69 Å². The highest BCUT2D eigenvalue weighted by Crippen LogP contribution is 2.18. The van der Waals surface area contributed by atoms with Crippen molar-refractivity contribution in [2.45, 2.75) is 11.8 Å². The molecule has 0 spiro atoms. The van der Waals surface area contributed by atoms with Crippen LogP contribution in [0.2, 0.25) is 0 Å². The molecule has 0 saturated heterocycles. The third-order valence-electron chi connectivity index (χ3n) is 2.86. The van der Waals surface area contributed by atoms with Crippen LogP contribution in [0.15, 0.2) is 59.5 Å². The summed E-state index contributed by atoms with van der Waals surface area (Å²) in [5.41, 5.74) is 1.81. The Bertz CT molecular complexity index is 826. The number of hydrogen-bond acceptors (Lipinski definition) is 3. The molecule has 0 heterocycles. The highest BCUT2D eigenvalue weighted by Gasteiger charge is 2.14. The van der Waals surface area contributed by atoms with Gasteiger partial charge in [-0.05, 0) is 48.4 Å². The van der Waals surface area contributed by atoms with Crippen molar-refractivity contribution in [2.75, 3.05) is 4.72 Å². The molecule has 5 nitrogen and oxygen atoms in total. The summed E-state index contributed by atoms with van der Waals surface area (Å²) in [7, 11) is -3.67. The molecule has 2 N–H and O–H groups in total. The fourth-order valence-corrected chi connectivity index (χ4v) is 3.02. The zero-order chi connectivity index (χ0) is 16.2. The quantitative estimate of drug-likeness (QED) is 0.831. The van der Waals surface area contributed by atoms with Crippen LogP contribution in [0, 0.1) is 6.92 Å². The lowest BCUT2D eigenvalue weighted by Gasteiger charge is -2.09. The number of carboxylic acids is 1. The van der Waals surface area contributed by atoms with E-state index in [1.54, 1.807) is 36.4 Å². The zero-order valence-corrected chi connectivity index (χ0v) is 12.7. The van der Waals surface area contributed by atoms with Gasteiger partial charge in [-0.3, -0.25) is 4.72 Å². The van der Waals surface area contributed by atoms with Gasteiger partial charge in [-0.15, -0.1) is 0 Å². The standard InChI is InChI=1S/C16H15NO4S/c1-12-4-2-7-15(10-12)22(20,21)17-14-6-3-5-13(11-14)8-9-16(18)19/h2-11,17H,1H3,(H,18,19)/b9-8+. The fourth-order valence-electron chi connectivity index (χ4n) is 1.87. The highest BCUT2D eigenvalue weighted by molar-refractivity contribution is 7.92. The molecule has 0 fully saturated rings. The molecule has 0 amide bonds. The zero-order valence-electron chi connectivity index (χ0n) is 11.9. The molecule has 0 unspecified atom stereocenters. The molecular weight excluding hydrogens is 302 g/mol. The third kappa shape index (κ3) is 4.20. The summed E-state index contributed by atoms with van der Waals surface area (Å²) in [6.07, 6.45) is 2.39. The molecule has 0 aromatic heterocycles. The summed E-state index contributed by atoms with van der Waals surface area (Å²) in [4.78, 5) is 10.7. The lowest BCUT2D eigenvalue weighted by Crippen LogP contribution is -2.13. The van der Waals surface area contributed by atoms with Crippen LogP contribution in [0.3, 0.4) is 0 Å². The molecule has 0 aliphatic rings. The number of carboxylic acid groups (broad SMARTS) is 1. The lowest BCUT2D eigenvalue weighted by atomic mass is 10.2. The minimum absolute atomic E-state index is 0.180. The van der Waals surface area contributed by atoms with Gasteiger partial charge in [0.05, 0.1) is 4.90 Å². The van der Waals surface area contributed by atoms with E-state index in [1.165, 1.54) is 12.1 Å². The second-order valence-corrected chi connectivity index (χ2v) is 6.40. The summed E-state index contributed by atoms with van der Waals surface area (Å²) in [6.45, 7) is 1.82. The molecule has 0 bridgehead atoms. The first-order chi connectivity index (χ1) is 10.4. The van der Waals surface area contributed by atoms with Gasteiger partial charge in [0, 0.05) is 11.8 Å². The topological polar surface area (TPSA) is 83.5 Å². The maximum absolute atomic E-state index is 12.3. The predicted molar refractivity (Wildman–Crippen MR) is 85.1 cm³/mol. The van der Waals surface area contributed by atoms with Crippen LogP contribution in [0.25, 0.3) is 6.08 Å². The van der Waals surface area contributed by atoms with E-state index in [2.05, 4.69) is 4.72 Å². The second-order valence-electron chi connectivity index (χ2n) is 4.72. The molecular formula is C16H15NO4S. The Morgan fingerprint density at radius 2 is 1.86 bits per heavy atom. The molecule has 22 heavy (non-hydrogen) atoms. The van der Waals surface area contributed by atoms with Gasteiger partial charge < -0.3 is 5.11 Å². The average Bonchev–Trinajstić information content (AvgIpc) is 2.45. The Balaban J connectivity index is 2.26. The summed E-state index contributed by atoms with van der Waals surface area (Å²) < 4.78 is 27.1. The Morgan fingerprint density at radius 3 is 2.55 bits per heavy atom. The number of sulfonamides is 1. The first kappa shape index (κ1) is 15.8. The first-order valence-corrected chi connectivity index (χ1v) is 7.96.